The third-order valence-corrected chi connectivity index (χ3v) is 6.02. The van der Waals surface area contributed by atoms with E-state index < -0.39 is 0 Å². The fourth-order valence-corrected chi connectivity index (χ4v) is 4.33. The van der Waals surface area contributed by atoms with Crippen LogP contribution in [-0.4, -0.2) is 48.8 Å². The topological polar surface area (TPSA) is 80.2 Å². The Hall–Kier alpha value is -3.88. The minimum atomic E-state index is -0.270. The Labute approximate surface area is 208 Å². The molecular formula is C27H25N3O4S. The molecule has 0 bridgehead atoms. The highest BCUT2D eigenvalue weighted by atomic mass is 32.2. The fourth-order valence-electron chi connectivity index (χ4n) is 3.32. The number of nitrogens with zero attached hydrogens (tertiary/aromatic N) is 2. The van der Waals surface area contributed by atoms with E-state index in [-0.39, 0.29) is 18.4 Å². The number of rotatable bonds is 9. The largest absolute Gasteiger partial charge is 0.483 e. The minimum absolute atomic E-state index is 0.154. The highest BCUT2D eigenvalue weighted by Gasteiger charge is 2.33. The quantitative estimate of drug-likeness (QED) is 0.432. The molecule has 0 aliphatic carbocycles. The second-order valence-electron chi connectivity index (χ2n) is 7.53. The van der Waals surface area contributed by atoms with Gasteiger partial charge in [0, 0.05) is 18.4 Å². The van der Waals surface area contributed by atoms with Gasteiger partial charge < -0.3 is 14.8 Å². The standard InChI is InChI=1S/C27H25N3O4S/c1-33-17-16-30-26(32)24(35-27(30)29-22-13-6-3-7-14-22)18-20-10-8-9-15-23(20)34-19-25(31)28-21-11-4-2-5-12-21/h2-15,18H,16-17,19H2,1H3,(H,28,31)/b24-18+,29-27?. The lowest BCUT2D eigenvalue weighted by molar-refractivity contribution is -0.122. The zero-order valence-electron chi connectivity index (χ0n) is 19.2. The molecule has 4 rings (SSSR count). The molecule has 3 aromatic carbocycles. The first-order chi connectivity index (χ1) is 17.1. The summed E-state index contributed by atoms with van der Waals surface area (Å²) in [5.74, 6) is 0.0832. The van der Waals surface area contributed by atoms with Crippen molar-refractivity contribution < 1.29 is 19.1 Å². The van der Waals surface area contributed by atoms with Gasteiger partial charge in [-0.25, -0.2) is 4.99 Å². The summed E-state index contributed by atoms with van der Waals surface area (Å²) < 4.78 is 11.0. The lowest BCUT2D eigenvalue weighted by Gasteiger charge is -2.14. The van der Waals surface area contributed by atoms with Gasteiger partial charge in [0.25, 0.3) is 11.8 Å². The second kappa shape index (κ2) is 12.0. The Morgan fingerprint density at radius 2 is 1.69 bits per heavy atom. The molecule has 0 atom stereocenters. The van der Waals surface area contributed by atoms with E-state index in [1.807, 2.05) is 78.9 Å². The third-order valence-electron chi connectivity index (χ3n) is 5.01. The number of aliphatic imine (C=N–C) groups is 1. The normalized spacial score (nSPS) is 15.6. The molecule has 0 aromatic heterocycles. The van der Waals surface area contributed by atoms with Gasteiger partial charge in [-0.1, -0.05) is 54.6 Å². The van der Waals surface area contributed by atoms with Crippen LogP contribution >= 0.6 is 11.8 Å². The molecule has 35 heavy (non-hydrogen) atoms. The number of methoxy groups -OCH3 is 1. The van der Waals surface area contributed by atoms with Gasteiger partial charge in [-0.15, -0.1) is 0 Å². The van der Waals surface area contributed by atoms with Crippen LogP contribution in [0.15, 0.2) is 94.8 Å². The maximum Gasteiger partial charge on any atom is 0.266 e. The first-order valence-electron chi connectivity index (χ1n) is 11.0. The smallest absolute Gasteiger partial charge is 0.266 e. The molecule has 3 aromatic rings. The van der Waals surface area contributed by atoms with Gasteiger partial charge in [0.15, 0.2) is 11.8 Å². The number of nitrogens with one attached hydrogen (secondary N) is 1. The van der Waals surface area contributed by atoms with Gasteiger partial charge in [-0.05, 0) is 48.2 Å². The Kier molecular flexibility index (Phi) is 8.32. The van der Waals surface area contributed by atoms with Crippen LogP contribution in [0.5, 0.6) is 5.75 Å². The van der Waals surface area contributed by atoms with E-state index in [1.54, 1.807) is 24.2 Å². The number of para-hydroxylation sites is 3. The molecule has 8 heteroatoms. The number of hydrogen-bond acceptors (Lipinski definition) is 6. The molecule has 2 amide bonds. The van der Waals surface area contributed by atoms with E-state index in [9.17, 15) is 9.59 Å². The van der Waals surface area contributed by atoms with Gasteiger partial charge in [-0.3, -0.25) is 14.5 Å². The number of ether oxygens (including phenoxy) is 2. The molecule has 1 heterocycles. The van der Waals surface area contributed by atoms with Crippen molar-refractivity contribution in [2.45, 2.75) is 0 Å². The molecule has 178 valence electrons. The summed E-state index contributed by atoms with van der Waals surface area (Å²) in [5, 5.41) is 3.38. The fraction of sp³-hybridized carbons (Fsp3) is 0.148. The lowest BCUT2D eigenvalue weighted by Crippen LogP contribution is -2.32. The number of anilines is 1. The lowest BCUT2D eigenvalue weighted by atomic mass is 10.2. The van der Waals surface area contributed by atoms with Crippen LogP contribution in [0.25, 0.3) is 6.08 Å². The molecular weight excluding hydrogens is 462 g/mol. The van der Waals surface area contributed by atoms with Gasteiger partial charge >= 0.3 is 0 Å². The zero-order chi connectivity index (χ0) is 24.5. The summed E-state index contributed by atoms with van der Waals surface area (Å²) >= 11 is 1.30. The summed E-state index contributed by atoms with van der Waals surface area (Å²) in [6.45, 7) is 0.629. The number of hydrogen-bond donors (Lipinski definition) is 1. The first kappa shape index (κ1) is 24.3. The van der Waals surface area contributed by atoms with E-state index in [1.165, 1.54) is 11.8 Å². The Morgan fingerprint density at radius 1 is 1.00 bits per heavy atom. The minimum Gasteiger partial charge on any atom is -0.483 e. The van der Waals surface area contributed by atoms with Crippen molar-refractivity contribution in [2.75, 3.05) is 32.2 Å². The monoisotopic (exact) mass is 487 g/mol. The highest BCUT2D eigenvalue weighted by molar-refractivity contribution is 8.18. The van der Waals surface area contributed by atoms with Gasteiger partial charge in [-0.2, -0.15) is 0 Å². The van der Waals surface area contributed by atoms with Crippen LogP contribution in [0.4, 0.5) is 11.4 Å². The number of benzene rings is 3. The van der Waals surface area contributed by atoms with Crippen LogP contribution in [0.2, 0.25) is 0 Å². The van der Waals surface area contributed by atoms with E-state index in [0.717, 1.165) is 5.69 Å². The maximum atomic E-state index is 13.2. The molecule has 1 aliphatic heterocycles. The Balaban J connectivity index is 1.52. The molecule has 7 nitrogen and oxygen atoms in total. The van der Waals surface area contributed by atoms with Crippen molar-refractivity contribution in [1.29, 1.82) is 0 Å². The second-order valence-corrected chi connectivity index (χ2v) is 8.54. The average molecular weight is 488 g/mol. The summed E-state index contributed by atoms with van der Waals surface area (Å²) in [6, 6.07) is 26.0. The molecule has 0 spiro atoms. The van der Waals surface area contributed by atoms with Gasteiger partial charge in [0.1, 0.15) is 5.75 Å². The molecule has 1 N–H and O–H groups in total. The molecule has 1 saturated heterocycles. The SMILES string of the molecule is COCCN1C(=O)/C(=C\c2ccccc2OCC(=O)Nc2ccccc2)SC1=Nc1ccccc1. The van der Waals surface area contributed by atoms with Crippen molar-refractivity contribution in [3.05, 3.63) is 95.4 Å². The molecule has 1 fully saturated rings. The van der Waals surface area contributed by atoms with Crippen LogP contribution in [0, 0.1) is 0 Å². The first-order valence-corrected chi connectivity index (χ1v) is 11.9. The average Bonchev–Trinajstić information content (AvgIpc) is 3.16. The Bertz CT molecular complexity index is 1230. The predicted octanol–water partition coefficient (Wildman–Crippen LogP) is 4.95. The van der Waals surface area contributed by atoms with Crippen LogP contribution in [-0.2, 0) is 14.3 Å². The van der Waals surface area contributed by atoms with Crippen molar-refractivity contribution in [2.24, 2.45) is 4.99 Å². The highest BCUT2D eigenvalue weighted by Crippen LogP contribution is 2.35. The molecule has 0 saturated carbocycles. The van der Waals surface area contributed by atoms with Crippen molar-refractivity contribution in [1.82, 2.24) is 4.90 Å². The van der Waals surface area contributed by atoms with Crippen molar-refractivity contribution >= 4 is 46.2 Å². The zero-order valence-corrected chi connectivity index (χ0v) is 20.0. The number of carbonyl (C=O) groups is 2. The molecule has 1 aliphatic rings. The van der Waals surface area contributed by atoms with Crippen molar-refractivity contribution in [3.63, 3.8) is 0 Å². The number of amidine groups is 1. The Morgan fingerprint density at radius 3 is 2.43 bits per heavy atom. The molecule has 0 radical (unpaired) electrons. The van der Waals surface area contributed by atoms with Crippen LogP contribution < -0.4 is 10.1 Å². The van der Waals surface area contributed by atoms with E-state index in [0.29, 0.717) is 40.2 Å². The number of amides is 2. The summed E-state index contributed by atoms with van der Waals surface area (Å²) in [7, 11) is 1.60. The summed E-state index contributed by atoms with van der Waals surface area (Å²) in [6.07, 6.45) is 1.77. The van der Waals surface area contributed by atoms with E-state index >= 15 is 0 Å². The molecule has 0 unspecified atom stereocenters. The van der Waals surface area contributed by atoms with Crippen LogP contribution in [0.1, 0.15) is 5.56 Å². The van der Waals surface area contributed by atoms with Gasteiger partial charge in [0.2, 0.25) is 0 Å². The van der Waals surface area contributed by atoms with E-state index in [4.69, 9.17) is 9.47 Å². The number of thioether (sulfide) groups is 1. The van der Waals surface area contributed by atoms with Gasteiger partial charge in [0.05, 0.1) is 23.7 Å². The summed E-state index contributed by atoms with van der Waals surface area (Å²) in [4.78, 5) is 32.3. The number of carbonyl (C=O) groups excluding carboxylic acids is 2. The summed E-state index contributed by atoms with van der Waals surface area (Å²) in [5.41, 5.74) is 2.16. The third kappa shape index (κ3) is 6.59. The van der Waals surface area contributed by atoms with Crippen LogP contribution in [0.3, 0.4) is 0 Å². The predicted molar refractivity (Wildman–Crippen MR) is 140 cm³/mol. The van der Waals surface area contributed by atoms with E-state index in [2.05, 4.69) is 10.3 Å². The van der Waals surface area contributed by atoms with Crippen molar-refractivity contribution in [3.8, 4) is 5.75 Å². The maximum absolute atomic E-state index is 13.2.